The molecule has 0 saturated carbocycles. The van der Waals surface area contributed by atoms with E-state index in [1.165, 1.54) is 0 Å². The van der Waals surface area contributed by atoms with E-state index in [9.17, 15) is 14.4 Å². The summed E-state index contributed by atoms with van der Waals surface area (Å²) in [6.45, 7) is 4.18. The van der Waals surface area contributed by atoms with E-state index in [4.69, 9.17) is 5.73 Å². The number of amides is 3. The molecule has 0 bridgehead atoms. The molecule has 35 heavy (non-hydrogen) atoms. The second-order valence-electron chi connectivity index (χ2n) is 8.82. The highest BCUT2D eigenvalue weighted by atomic mass is 16.2. The van der Waals surface area contributed by atoms with Gasteiger partial charge in [0.15, 0.2) is 0 Å². The molecule has 8 heteroatoms. The summed E-state index contributed by atoms with van der Waals surface area (Å²) < 4.78 is 0. The van der Waals surface area contributed by atoms with Gasteiger partial charge in [0.05, 0.1) is 17.2 Å². The first-order chi connectivity index (χ1) is 16.9. The maximum Gasteiger partial charge on any atom is 0.257 e. The Labute approximate surface area is 204 Å². The van der Waals surface area contributed by atoms with Crippen molar-refractivity contribution in [3.05, 3.63) is 89.2 Å². The monoisotopic (exact) mass is 471 g/mol. The van der Waals surface area contributed by atoms with Gasteiger partial charge in [-0.1, -0.05) is 24.3 Å². The van der Waals surface area contributed by atoms with Crippen LogP contribution in [0, 0.1) is 12.8 Å². The van der Waals surface area contributed by atoms with Crippen LogP contribution in [0.15, 0.2) is 67.0 Å². The predicted octanol–water partition coefficient (Wildman–Crippen LogP) is 3.59. The quantitative estimate of drug-likeness (QED) is 0.487. The van der Waals surface area contributed by atoms with Crippen molar-refractivity contribution in [3.63, 3.8) is 0 Å². The average Bonchev–Trinajstić information content (AvgIpc) is 2.87. The van der Waals surface area contributed by atoms with E-state index < -0.39 is 0 Å². The highest BCUT2D eigenvalue weighted by Crippen LogP contribution is 2.24. The molecule has 0 spiro atoms. The fourth-order valence-corrected chi connectivity index (χ4v) is 4.29. The van der Waals surface area contributed by atoms with E-state index in [-0.39, 0.29) is 23.6 Å². The number of nitrogens with two attached hydrogens (primary N) is 1. The number of carbonyl (C=O) groups is 3. The van der Waals surface area contributed by atoms with Crippen LogP contribution in [0.3, 0.4) is 0 Å². The van der Waals surface area contributed by atoms with Crippen molar-refractivity contribution in [1.82, 2.24) is 9.88 Å². The highest BCUT2D eigenvalue weighted by Gasteiger charge is 2.24. The van der Waals surface area contributed by atoms with Gasteiger partial charge in [0.1, 0.15) is 0 Å². The highest BCUT2D eigenvalue weighted by molar-refractivity contribution is 6.13. The molecule has 4 rings (SSSR count). The zero-order chi connectivity index (χ0) is 24.8. The summed E-state index contributed by atoms with van der Waals surface area (Å²) in [5.41, 5.74) is 9.32. The molecule has 1 unspecified atom stereocenters. The maximum atomic E-state index is 13.1. The Balaban J connectivity index is 1.42. The van der Waals surface area contributed by atoms with Crippen LogP contribution in [0.4, 0.5) is 11.4 Å². The van der Waals surface area contributed by atoms with Gasteiger partial charge < -0.3 is 16.4 Å². The number of para-hydroxylation sites is 1. The molecular weight excluding hydrogens is 442 g/mol. The average molecular weight is 472 g/mol. The van der Waals surface area contributed by atoms with E-state index in [1.54, 1.807) is 36.7 Å². The number of carbonyl (C=O) groups excluding carboxylic acids is 3. The van der Waals surface area contributed by atoms with Gasteiger partial charge in [-0.25, -0.2) is 0 Å². The topological polar surface area (TPSA) is 117 Å². The van der Waals surface area contributed by atoms with Crippen molar-refractivity contribution in [3.8, 4) is 0 Å². The summed E-state index contributed by atoms with van der Waals surface area (Å²) >= 11 is 0. The Kier molecular flexibility index (Phi) is 7.52. The Morgan fingerprint density at radius 2 is 1.74 bits per heavy atom. The normalized spacial score (nSPS) is 15.9. The summed E-state index contributed by atoms with van der Waals surface area (Å²) in [4.78, 5) is 43.4. The number of anilines is 2. The van der Waals surface area contributed by atoms with E-state index in [2.05, 4.69) is 20.5 Å². The fraction of sp³-hybridized carbons (Fsp3) is 0.259. The summed E-state index contributed by atoms with van der Waals surface area (Å²) in [5, 5.41) is 5.78. The van der Waals surface area contributed by atoms with Gasteiger partial charge in [-0.05, 0) is 67.8 Å². The summed E-state index contributed by atoms with van der Waals surface area (Å²) in [6.07, 6.45) is 4.90. The maximum absolute atomic E-state index is 13.1. The van der Waals surface area contributed by atoms with Crippen molar-refractivity contribution >= 4 is 29.1 Å². The van der Waals surface area contributed by atoms with E-state index in [1.807, 2.05) is 37.3 Å². The number of hydrogen-bond donors (Lipinski definition) is 3. The van der Waals surface area contributed by atoms with E-state index >= 15 is 0 Å². The van der Waals surface area contributed by atoms with Gasteiger partial charge >= 0.3 is 0 Å². The zero-order valence-corrected chi connectivity index (χ0v) is 19.7. The van der Waals surface area contributed by atoms with Crippen LogP contribution in [0.1, 0.15) is 44.7 Å². The molecule has 4 N–H and O–H groups in total. The minimum Gasteiger partial charge on any atom is -0.369 e. The molecule has 1 fully saturated rings. The number of aromatic nitrogens is 1. The Bertz CT molecular complexity index is 1210. The van der Waals surface area contributed by atoms with Crippen molar-refractivity contribution in [1.29, 1.82) is 0 Å². The second-order valence-corrected chi connectivity index (χ2v) is 8.82. The van der Waals surface area contributed by atoms with Gasteiger partial charge in [0.25, 0.3) is 11.8 Å². The van der Waals surface area contributed by atoms with Crippen molar-refractivity contribution < 1.29 is 14.4 Å². The predicted molar refractivity (Wildman–Crippen MR) is 135 cm³/mol. The molecule has 3 aromatic rings. The van der Waals surface area contributed by atoms with Gasteiger partial charge in [-0.15, -0.1) is 0 Å². The number of pyridine rings is 1. The van der Waals surface area contributed by atoms with Gasteiger partial charge in [0.2, 0.25) is 5.91 Å². The third kappa shape index (κ3) is 6.10. The smallest absolute Gasteiger partial charge is 0.257 e. The molecule has 0 radical (unpaired) electrons. The van der Waals surface area contributed by atoms with Crippen LogP contribution >= 0.6 is 0 Å². The van der Waals surface area contributed by atoms with Crippen LogP contribution in [0.5, 0.6) is 0 Å². The van der Waals surface area contributed by atoms with Gasteiger partial charge in [-0.3, -0.25) is 24.3 Å². The van der Waals surface area contributed by atoms with Crippen LogP contribution in [0.25, 0.3) is 0 Å². The van der Waals surface area contributed by atoms with Crippen molar-refractivity contribution in [2.45, 2.75) is 26.3 Å². The molecular formula is C27H29N5O3. The lowest BCUT2D eigenvalue weighted by molar-refractivity contribution is -0.123. The fourth-order valence-electron chi connectivity index (χ4n) is 4.29. The SMILES string of the molecule is Cc1cccc(C(=O)Nc2ccc(CN3CCCC(C(N)=O)C3)cc2)c1NC(=O)c1ccncc1. The molecule has 1 aliphatic rings. The molecule has 1 atom stereocenters. The second kappa shape index (κ2) is 10.9. The van der Waals surface area contributed by atoms with Gasteiger partial charge in [0, 0.05) is 36.7 Å². The molecule has 3 amide bonds. The van der Waals surface area contributed by atoms with Gasteiger partial charge in [-0.2, -0.15) is 0 Å². The van der Waals surface area contributed by atoms with E-state index in [0.29, 0.717) is 29.0 Å². The minimum atomic E-state index is -0.313. The summed E-state index contributed by atoms with van der Waals surface area (Å²) in [6, 6.07) is 16.2. The van der Waals surface area contributed by atoms with Crippen LogP contribution in [-0.2, 0) is 11.3 Å². The molecule has 2 aromatic carbocycles. The largest absolute Gasteiger partial charge is 0.369 e. The minimum absolute atomic E-state index is 0.0927. The lowest BCUT2D eigenvalue weighted by Gasteiger charge is -2.31. The molecule has 1 aliphatic heterocycles. The first kappa shape index (κ1) is 24.1. The number of likely N-dealkylation sites (tertiary alicyclic amines) is 1. The number of primary amides is 1. The molecule has 0 aliphatic carbocycles. The summed E-state index contributed by atoms with van der Waals surface area (Å²) in [5.74, 6) is -0.951. The lowest BCUT2D eigenvalue weighted by Crippen LogP contribution is -2.40. The molecule has 1 aromatic heterocycles. The molecule has 1 saturated heterocycles. The van der Waals surface area contributed by atoms with E-state index in [0.717, 1.165) is 37.1 Å². The molecule has 8 nitrogen and oxygen atoms in total. The Morgan fingerprint density at radius 3 is 2.46 bits per heavy atom. The van der Waals surface area contributed by atoms with Crippen LogP contribution < -0.4 is 16.4 Å². The molecule has 180 valence electrons. The number of rotatable bonds is 7. The number of nitrogens with one attached hydrogen (secondary N) is 2. The van der Waals surface area contributed by atoms with Crippen molar-refractivity contribution in [2.24, 2.45) is 11.7 Å². The zero-order valence-electron chi connectivity index (χ0n) is 19.7. The van der Waals surface area contributed by atoms with Crippen LogP contribution in [-0.4, -0.2) is 40.7 Å². The Morgan fingerprint density at radius 1 is 1.00 bits per heavy atom. The third-order valence-corrected chi connectivity index (χ3v) is 6.22. The number of nitrogens with zero attached hydrogens (tertiary/aromatic N) is 2. The van der Waals surface area contributed by atoms with Crippen LogP contribution in [0.2, 0.25) is 0 Å². The Hall–Kier alpha value is -4.04. The third-order valence-electron chi connectivity index (χ3n) is 6.22. The number of hydrogen-bond acceptors (Lipinski definition) is 5. The number of benzene rings is 2. The first-order valence-corrected chi connectivity index (χ1v) is 11.6. The standard InChI is InChI=1S/C27H29N5O3/c1-18-4-2-6-23(24(18)31-26(34)20-11-13-29-14-12-20)27(35)30-22-9-7-19(8-10-22)16-32-15-3-5-21(17-32)25(28)33/h2,4,6-14,21H,3,5,15-17H2,1H3,(H2,28,33)(H,30,35)(H,31,34). The number of piperidine rings is 1. The van der Waals surface area contributed by atoms with Crippen molar-refractivity contribution in [2.75, 3.05) is 23.7 Å². The lowest BCUT2D eigenvalue weighted by atomic mass is 9.97. The molecule has 2 heterocycles. The first-order valence-electron chi connectivity index (χ1n) is 11.6. The summed E-state index contributed by atoms with van der Waals surface area (Å²) in [7, 11) is 0. The number of aryl methyl sites for hydroxylation is 1.